The van der Waals surface area contributed by atoms with Crippen molar-refractivity contribution in [3.05, 3.63) is 53.0 Å². The SMILES string of the molecule is Cc1nn(CC(C)C)c(C)c1CCC(=O)N(C)[C@H](C)c1cc2ccccc2o1. The molecule has 1 aromatic carbocycles. The summed E-state index contributed by atoms with van der Waals surface area (Å²) in [6, 6.07) is 9.84. The number of fused-ring (bicyclic) bond motifs is 1. The van der Waals surface area contributed by atoms with Gasteiger partial charge in [-0.05, 0) is 50.8 Å². The van der Waals surface area contributed by atoms with Crippen molar-refractivity contribution in [2.24, 2.45) is 5.92 Å². The first-order valence-electron chi connectivity index (χ1n) is 10.0. The van der Waals surface area contributed by atoms with Gasteiger partial charge in [0.05, 0.1) is 11.7 Å². The zero-order chi connectivity index (χ0) is 20.4. The van der Waals surface area contributed by atoms with Crippen LogP contribution in [-0.4, -0.2) is 27.6 Å². The molecule has 0 aliphatic carbocycles. The molecule has 0 saturated carbocycles. The minimum atomic E-state index is -0.106. The number of hydrogen-bond acceptors (Lipinski definition) is 3. The van der Waals surface area contributed by atoms with Gasteiger partial charge >= 0.3 is 0 Å². The molecule has 0 aliphatic rings. The van der Waals surface area contributed by atoms with Crippen LogP contribution >= 0.6 is 0 Å². The number of nitrogens with zero attached hydrogens (tertiary/aromatic N) is 3. The fraction of sp³-hybridized carbons (Fsp3) is 0.478. The van der Waals surface area contributed by atoms with E-state index < -0.39 is 0 Å². The minimum Gasteiger partial charge on any atom is -0.459 e. The summed E-state index contributed by atoms with van der Waals surface area (Å²) in [6.45, 7) is 11.4. The van der Waals surface area contributed by atoms with E-state index in [1.807, 2.05) is 51.2 Å². The Morgan fingerprint density at radius 3 is 2.61 bits per heavy atom. The van der Waals surface area contributed by atoms with Gasteiger partial charge in [0.2, 0.25) is 5.91 Å². The lowest BCUT2D eigenvalue weighted by Crippen LogP contribution is -2.29. The Balaban J connectivity index is 1.66. The number of amides is 1. The van der Waals surface area contributed by atoms with Gasteiger partial charge in [0, 0.05) is 31.1 Å². The molecule has 0 unspecified atom stereocenters. The molecule has 150 valence electrons. The zero-order valence-corrected chi connectivity index (χ0v) is 17.8. The molecule has 0 bridgehead atoms. The number of carbonyl (C=O) groups excluding carboxylic acids is 1. The number of para-hydroxylation sites is 1. The van der Waals surface area contributed by atoms with Crippen LogP contribution in [0.15, 0.2) is 34.7 Å². The van der Waals surface area contributed by atoms with Crippen molar-refractivity contribution < 1.29 is 9.21 Å². The topological polar surface area (TPSA) is 51.3 Å². The molecule has 2 heterocycles. The minimum absolute atomic E-state index is 0.106. The highest BCUT2D eigenvalue weighted by Crippen LogP contribution is 2.27. The number of hydrogen-bond donors (Lipinski definition) is 0. The predicted octanol–water partition coefficient (Wildman–Crippen LogP) is 5.05. The lowest BCUT2D eigenvalue weighted by molar-refractivity contribution is -0.132. The van der Waals surface area contributed by atoms with Gasteiger partial charge in [0.25, 0.3) is 0 Å². The van der Waals surface area contributed by atoms with E-state index >= 15 is 0 Å². The Morgan fingerprint density at radius 2 is 1.93 bits per heavy atom. The van der Waals surface area contributed by atoms with Gasteiger partial charge in [-0.25, -0.2) is 0 Å². The molecule has 0 aliphatic heterocycles. The standard InChI is InChI=1S/C23H31N3O2/c1-15(2)14-26-17(4)20(16(3)24-26)11-12-23(27)25(6)18(5)22-13-19-9-7-8-10-21(19)28-22/h7-10,13,15,18H,11-12,14H2,1-6H3/t18-/m1/s1. The third-order valence-corrected chi connectivity index (χ3v) is 5.49. The lowest BCUT2D eigenvalue weighted by atomic mass is 10.1. The van der Waals surface area contributed by atoms with Crippen molar-refractivity contribution in [2.45, 2.75) is 60.0 Å². The van der Waals surface area contributed by atoms with E-state index in [1.54, 1.807) is 4.90 Å². The van der Waals surface area contributed by atoms with Gasteiger partial charge in [-0.1, -0.05) is 32.0 Å². The first-order chi connectivity index (χ1) is 13.3. The number of aromatic nitrogens is 2. The van der Waals surface area contributed by atoms with Crippen LogP contribution in [-0.2, 0) is 17.8 Å². The van der Waals surface area contributed by atoms with Crippen LogP contribution in [0, 0.1) is 19.8 Å². The van der Waals surface area contributed by atoms with E-state index in [2.05, 4.69) is 30.6 Å². The predicted molar refractivity (Wildman–Crippen MR) is 112 cm³/mol. The quantitative estimate of drug-likeness (QED) is 0.575. The largest absolute Gasteiger partial charge is 0.459 e. The van der Waals surface area contributed by atoms with Crippen LogP contribution in [0.25, 0.3) is 11.0 Å². The molecule has 0 spiro atoms. The summed E-state index contributed by atoms with van der Waals surface area (Å²) < 4.78 is 8.01. The maximum absolute atomic E-state index is 12.8. The van der Waals surface area contributed by atoms with Crippen LogP contribution in [0.1, 0.15) is 55.9 Å². The average Bonchev–Trinajstić information content (AvgIpc) is 3.19. The summed E-state index contributed by atoms with van der Waals surface area (Å²) in [5.74, 6) is 1.47. The smallest absolute Gasteiger partial charge is 0.223 e. The van der Waals surface area contributed by atoms with E-state index in [4.69, 9.17) is 4.42 Å². The Hall–Kier alpha value is -2.56. The Labute approximate surface area is 167 Å². The molecule has 0 fully saturated rings. The van der Waals surface area contributed by atoms with Crippen molar-refractivity contribution in [3.8, 4) is 0 Å². The van der Waals surface area contributed by atoms with Crippen molar-refractivity contribution in [2.75, 3.05) is 7.05 Å². The fourth-order valence-corrected chi connectivity index (χ4v) is 3.64. The summed E-state index contributed by atoms with van der Waals surface area (Å²) in [5.41, 5.74) is 4.25. The van der Waals surface area contributed by atoms with Crippen LogP contribution in [0.4, 0.5) is 0 Å². The molecular weight excluding hydrogens is 350 g/mol. The first-order valence-corrected chi connectivity index (χ1v) is 10.0. The highest BCUT2D eigenvalue weighted by Gasteiger charge is 2.22. The fourth-order valence-electron chi connectivity index (χ4n) is 3.64. The number of carbonyl (C=O) groups is 1. The van der Waals surface area contributed by atoms with Gasteiger partial charge in [-0.2, -0.15) is 5.10 Å². The molecule has 0 N–H and O–H groups in total. The van der Waals surface area contributed by atoms with E-state index in [1.165, 1.54) is 11.3 Å². The second kappa shape index (κ2) is 8.21. The molecule has 0 radical (unpaired) electrons. The van der Waals surface area contributed by atoms with Gasteiger partial charge in [0.15, 0.2) is 0 Å². The molecule has 1 amide bonds. The number of benzene rings is 1. The van der Waals surface area contributed by atoms with Gasteiger partial charge < -0.3 is 9.32 Å². The van der Waals surface area contributed by atoms with Gasteiger partial charge in [-0.3, -0.25) is 9.48 Å². The van der Waals surface area contributed by atoms with E-state index in [-0.39, 0.29) is 11.9 Å². The highest BCUT2D eigenvalue weighted by molar-refractivity contribution is 5.79. The molecule has 28 heavy (non-hydrogen) atoms. The van der Waals surface area contributed by atoms with E-state index in [9.17, 15) is 4.79 Å². The normalized spacial score (nSPS) is 12.7. The Morgan fingerprint density at radius 1 is 1.21 bits per heavy atom. The lowest BCUT2D eigenvalue weighted by Gasteiger charge is -2.23. The van der Waals surface area contributed by atoms with Crippen LogP contribution in [0.2, 0.25) is 0 Å². The molecular formula is C23H31N3O2. The third kappa shape index (κ3) is 4.13. The molecule has 3 rings (SSSR count). The molecule has 0 saturated heterocycles. The Kier molecular flexibility index (Phi) is 5.92. The number of rotatable bonds is 7. The first kappa shape index (κ1) is 20.2. The van der Waals surface area contributed by atoms with Crippen molar-refractivity contribution in [3.63, 3.8) is 0 Å². The molecule has 5 nitrogen and oxygen atoms in total. The summed E-state index contributed by atoms with van der Waals surface area (Å²) in [4.78, 5) is 14.6. The Bertz CT molecular complexity index is 935. The molecule has 5 heteroatoms. The number of furan rings is 1. The van der Waals surface area contributed by atoms with E-state index in [0.717, 1.165) is 29.0 Å². The summed E-state index contributed by atoms with van der Waals surface area (Å²) in [7, 11) is 1.85. The van der Waals surface area contributed by atoms with Crippen LogP contribution < -0.4 is 0 Å². The van der Waals surface area contributed by atoms with Crippen LogP contribution in [0.5, 0.6) is 0 Å². The van der Waals surface area contributed by atoms with Crippen molar-refractivity contribution in [1.29, 1.82) is 0 Å². The number of aryl methyl sites for hydroxylation is 1. The monoisotopic (exact) mass is 381 g/mol. The zero-order valence-electron chi connectivity index (χ0n) is 17.8. The van der Waals surface area contributed by atoms with Gasteiger partial charge in [0.1, 0.15) is 11.3 Å². The van der Waals surface area contributed by atoms with Gasteiger partial charge in [-0.15, -0.1) is 0 Å². The maximum Gasteiger partial charge on any atom is 0.223 e. The van der Waals surface area contributed by atoms with Crippen molar-refractivity contribution in [1.82, 2.24) is 14.7 Å². The average molecular weight is 382 g/mol. The summed E-state index contributed by atoms with van der Waals surface area (Å²) in [5, 5.41) is 5.72. The third-order valence-electron chi connectivity index (χ3n) is 5.49. The second-order valence-corrected chi connectivity index (χ2v) is 8.09. The van der Waals surface area contributed by atoms with E-state index in [0.29, 0.717) is 18.8 Å². The molecule has 1 atom stereocenters. The molecule has 2 aromatic heterocycles. The summed E-state index contributed by atoms with van der Waals surface area (Å²) >= 11 is 0. The second-order valence-electron chi connectivity index (χ2n) is 8.09. The molecule has 3 aromatic rings. The highest BCUT2D eigenvalue weighted by atomic mass is 16.3. The maximum atomic E-state index is 12.8. The van der Waals surface area contributed by atoms with Crippen molar-refractivity contribution >= 4 is 16.9 Å². The summed E-state index contributed by atoms with van der Waals surface area (Å²) in [6.07, 6.45) is 1.18. The van der Waals surface area contributed by atoms with Crippen LogP contribution in [0.3, 0.4) is 0 Å².